The van der Waals surface area contributed by atoms with Gasteiger partial charge in [0.25, 0.3) is 0 Å². The molecule has 2 nitrogen and oxygen atoms in total. The molecule has 17 heavy (non-hydrogen) atoms. The predicted molar refractivity (Wildman–Crippen MR) is 71.6 cm³/mol. The van der Waals surface area contributed by atoms with Crippen LogP contribution in [0.1, 0.15) is 24.0 Å². The Morgan fingerprint density at radius 3 is 1.65 bits per heavy atom. The SMILES string of the molecule is CN1[C]N(C)CCCc2ccc(cc2)CCC1. The van der Waals surface area contributed by atoms with Crippen LogP contribution in [0.2, 0.25) is 0 Å². The molecule has 0 spiro atoms. The van der Waals surface area contributed by atoms with Crippen molar-refractivity contribution in [2.24, 2.45) is 0 Å². The van der Waals surface area contributed by atoms with Crippen molar-refractivity contribution in [3.05, 3.63) is 42.1 Å². The van der Waals surface area contributed by atoms with Crippen molar-refractivity contribution in [1.29, 1.82) is 0 Å². The Balaban J connectivity index is 2.01. The minimum absolute atomic E-state index is 1.08. The summed E-state index contributed by atoms with van der Waals surface area (Å²) in [6, 6.07) is 9.13. The zero-order chi connectivity index (χ0) is 12.1. The van der Waals surface area contributed by atoms with E-state index >= 15 is 0 Å². The Bertz CT molecular complexity index is 298. The van der Waals surface area contributed by atoms with Crippen molar-refractivity contribution in [3.8, 4) is 0 Å². The highest BCUT2D eigenvalue weighted by Crippen LogP contribution is 2.11. The summed E-state index contributed by atoms with van der Waals surface area (Å²) in [6.45, 7) is 5.53. The van der Waals surface area contributed by atoms with Gasteiger partial charge in [-0.05, 0) is 50.9 Å². The first kappa shape index (κ1) is 12.6. The minimum atomic E-state index is 1.08. The smallest absolute Gasteiger partial charge is 0.145 e. The average molecular weight is 230 g/mol. The summed E-state index contributed by atoms with van der Waals surface area (Å²) in [5, 5.41) is 0. The Morgan fingerprint density at radius 1 is 0.824 bits per heavy atom. The van der Waals surface area contributed by atoms with E-state index in [-0.39, 0.29) is 0 Å². The Kier molecular flexibility index (Phi) is 4.57. The molecule has 2 aliphatic heterocycles. The minimum Gasteiger partial charge on any atom is -0.283 e. The van der Waals surface area contributed by atoms with Gasteiger partial charge in [-0.15, -0.1) is 0 Å². The molecule has 1 aromatic rings. The first-order valence-electron chi connectivity index (χ1n) is 6.50. The van der Waals surface area contributed by atoms with Crippen LogP contribution in [0.5, 0.6) is 0 Å². The normalized spacial score (nSPS) is 20.6. The molecule has 2 heteroatoms. The van der Waals surface area contributed by atoms with Gasteiger partial charge >= 0.3 is 0 Å². The zero-order valence-electron chi connectivity index (χ0n) is 10.9. The number of rotatable bonds is 0. The third-order valence-corrected chi connectivity index (χ3v) is 3.28. The monoisotopic (exact) mass is 230 g/mol. The van der Waals surface area contributed by atoms with Crippen LogP contribution >= 0.6 is 0 Å². The van der Waals surface area contributed by atoms with E-state index in [1.807, 2.05) is 0 Å². The average Bonchev–Trinajstić information content (AvgIpc) is 2.32. The standard InChI is InChI=1S/C15H22N2/c1-16-11-3-5-14-7-9-15(10-8-14)6-4-12-17(2)13-16/h7-10H,3-6,11-12H2,1-2H3. The summed E-state index contributed by atoms with van der Waals surface area (Å²) in [5.41, 5.74) is 2.91. The fraction of sp³-hybridized carbons (Fsp3) is 0.533. The van der Waals surface area contributed by atoms with Crippen molar-refractivity contribution < 1.29 is 0 Å². The van der Waals surface area contributed by atoms with Crippen LogP contribution < -0.4 is 0 Å². The molecule has 2 heterocycles. The van der Waals surface area contributed by atoms with Crippen LogP contribution in [0.3, 0.4) is 0 Å². The van der Waals surface area contributed by atoms with Crippen LogP contribution in [0.15, 0.2) is 24.3 Å². The lowest BCUT2D eigenvalue weighted by atomic mass is 10.0. The molecule has 92 valence electrons. The number of nitrogens with zero attached hydrogens (tertiary/aromatic N) is 2. The van der Waals surface area contributed by atoms with Crippen LogP contribution in [-0.4, -0.2) is 37.0 Å². The maximum absolute atomic E-state index is 3.38. The summed E-state index contributed by atoms with van der Waals surface area (Å²) in [6.07, 6.45) is 4.71. The van der Waals surface area contributed by atoms with Crippen LogP contribution in [0.4, 0.5) is 0 Å². The third-order valence-electron chi connectivity index (χ3n) is 3.28. The molecule has 0 atom stereocenters. The number of fused-ring (bicyclic) bond motifs is 10. The van der Waals surface area contributed by atoms with Crippen molar-refractivity contribution >= 4 is 0 Å². The summed E-state index contributed by atoms with van der Waals surface area (Å²) in [7, 11) is 4.22. The van der Waals surface area contributed by atoms with Gasteiger partial charge in [0.1, 0.15) is 6.67 Å². The highest BCUT2D eigenvalue weighted by atomic mass is 15.3. The molecule has 2 bridgehead atoms. The fourth-order valence-corrected chi connectivity index (χ4v) is 2.30. The van der Waals surface area contributed by atoms with E-state index in [2.05, 4.69) is 54.8 Å². The van der Waals surface area contributed by atoms with Crippen LogP contribution in [0.25, 0.3) is 0 Å². The van der Waals surface area contributed by atoms with Gasteiger partial charge in [0, 0.05) is 13.1 Å². The van der Waals surface area contributed by atoms with Crippen LogP contribution in [0, 0.1) is 6.67 Å². The fourth-order valence-electron chi connectivity index (χ4n) is 2.30. The number of aryl methyl sites for hydroxylation is 2. The second-order valence-electron chi connectivity index (χ2n) is 4.97. The van der Waals surface area contributed by atoms with Crippen LogP contribution in [-0.2, 0) is 12.8 Å². The molecule has 1 aromatic carbocycles. The van der Waals surface area contributed by atoms with E-state index in [4.69, 9.17) is 0 Å². The number of hydrogen-bond acceptors (Lipinski definition) is 2. The van der Waals surface area contributed by atoms with Gasteiger partial charge in [-0.1, -0.05) is 24.3 Å². The van der Waals surface area contributed by atoms with Gasteiger partial charge in [0.2, 0.25) is 0 Å². The van der Waals surface area contributed by atoms with E-state index in [9.17, 15) is 0 Å². The second kappa shape index (κ2) is 6.18. The third kappa shape index (κ3) is 4.14. The lowest BCUT2D eigenvalue weighted by Crippen LogP contribution is -2.29. The van der Waals surface area contributed by atoms with Gasteiger partial charge in [-0.3, -0.25) is 9.80 Å². The van der Waals surface area contributed by atoms with Crippen molar-refractivity contribution in [2.75, 3.05) is 27.2 Å². The van der Waals surface area contributed by atoms with Crippen molar-refractivity contribution in [2.45, 2.75) is 25.7 Å². The molecule has 0 amide bonds. The molecule has 0 N–H and O–H groups in total. The quantitative estimate of drug-likeness (QED) is 0.675. The lowest BCUT2D eigenvalue weighted by molar-refractivity contribution is 0.252. The molecule has 2 aliphatic rings. The molecule has 0 unspecified atom stereocenters. The van der Waals surface area contributed by atoms with E-state index in [1.165, 1.54) is 24.0 Å². The number of benzene rings is 1. The molecule has 0 fully saturated rings. The number of hydrogen-bond donors (Lipinski definition) is 0. The van der Waals surface area contributed by atoms with E-state index < -0.39 is 0 Å². The lowest BCUT2D eigenvalue weighted by Gasteiger charge is -2.22. The maximum atomic E-state index is 3.38. The first-order valence-corrected chi connectivity index (χ1v) is 6.50. The van der Waals surface area contributed by atoms with Gasteiger partial charge in [-0.25, -0.2) is 0 Å². The van der Waals surface area contributed by atoms with Gasteiger partial charge in [0.15, 0.2) is 0 Å². The van der Waals surface area contributed by atoms with Crippen molar-refractivity contribution in [3.63, 3.8) is 0 Å². The molecule has 0 aliphatic carbocycles. The zero-order valence-corrected chi connectivity index (χ0v) is 10.9. The maximum Gasteiger partial charge on any atom is 0.145 e. The Hall–Kier alpha value is -0.860. The van der Waals surface area contributed by atoms with Crippen molar-refractivity contribution in [1.82, 2.24) is 9.80 Å². The largest absolute Gasteiger partial charge is 0.283 e. The highest BCUT2D eigenvalue weighted by Gasteiger charge is 2.07. The van der Waals surface area contributed by atoms with Gasteiger partial charge in [0.05, 0.1) is 0 Å². The second-order valence-corrected chi connectivity index (χ2v) is 4.97. The highest BCUT2D eigenvalue weighted by molar-refractivity contribution is 5.22. The Labute approximate surface area is 105 Å². The van der Waals surface area contributed by atoms with E-state index in [0.29, 0.717) is 0 Å². The molecule has 3 rings (SSSR count). The Morgan fingerprint density at radius 2 is 1.24 bits per heavy atom. The van der Waals surface area contributed by atoms with Gasteiger partial charge < -0.3 is 0 Å². The molecular weight excluding hydrogens is 208 g/mol. The summed E-state index contributed by atoms with van der Waals surface area (Å²) in [5.74, 6) is 0. The first-order chi connectivity index (χ1) is 8.24. The summed E-state index contributed by atoms with van der Waals surface area (Å²) >= 11 is 0. The topological polar surface area (TPSA) is 6.48 Å². The molecule has 0 aromatic heterocycles. The van der Waals surface area contributed by atoms with E-state index in [0.717, 1.165) is 25.9 Å². The molecular formula is C15H22N2. The summed E-state index contributed by atoms with van der Waals surface area (Å²) in [4.78, 5) is 4.34. The predicted octanol–water partition coefficient (Wildman–Crippen LogP) is 2.43. The molecule has 0 saturated heterocycles. The summed E-state index contributed by atoms with van der Waals surface area (Å²) < 4.78 is 0. The molecule has 0 saturated carbocycles. The molecule has 2 radical (unpaired) electrons. The van der Waals surface area contributed by atoms with Gasteiger partial charge in [-0.2, -0.15) is 0 Å². The van der Waals surface area contributed by atoms with E-state index in [1.54, 1.807) is 0 Å².